The standard InChI is InChI=1S/C15H21N5O/c1-16-10-12-6-8-19(9-7-12)11-20-15(21)13-4-2-3-5-14(13)17-18-20/h2-5,12,16H,6-11H2,1H3. The average molecular weight is 287 g/mol. The topological polar surface area (TPSA) is 63.1 Å². The highest BCUT2D eigenvalue weighted by Crippen LogP contribution is 2.16. The van der Waals surface area contributed by atoms with E-state index in [2.05, 4.69) is 20.5 Å². The molecule has 3 rings (SSSR count). The van der Waals surface area contributed by atoms with Crippen molar-refractivity contribution in [1.29, 1.82) is 0 Å². The SMILES string of the molecule is CNCC1CCN(Cn2nnc3ccccc3c2=O)CC1. The molecule has 0 aliphatic carbocycles. The number of likely N-dealkylation sites (tertiary alicyclic amines) is 1. The minimum absolute atomic E-state index is 0.0575. The molecule has 21 heavy (non-hydrogen) atoms. The number of fused-ring (bicyclic) bond motifs is 1. The van der Waals surface area contributed by atoms with E-state index in [0.29, 0.717) is 17.6 Å². The molecule has 1 N–H and O–H groups in total. The summed E-state index contributed by atoms with van der Waals surface area (Å²) in [5.41, 5.74) is 0.601. The van der Waals surface area contributed by atoms with Gasteiger partial charge in [-0.15, -0.1) is 5.10 Å². The first-order valence-electron chi connectivity index (χ1n) is 7.47. The van der Waals surface area contributed by atoms with Gasteiger partial charge in [0.15, 0.2) is 0 Å². The summed E-state index contributed by atoms with van der Waals surface area (Å²) < 4.78 is 1.47. The Morgan fingerprint density at radius 1 is 1.29 bits per heavy atom. The van der Waals surface area contributed by atoms with Gasteiger partial charge in [-0.2, -0.15) is 4.68 Å². The molecule has 0 saturated carbocycles. The van der Waals surface area contributed by atoms with Crippen LogP contribution in [0.3, 0.4) is 0 Å². The number of hydrogen-bond acceptors (Lipinski definition) is 5. The zero-order valence-corrected chi connectivity index (χ0v) is 12.3. The van der Waals surface area contributed by atoms with Crippen molar-refractivity contribution in [2.75, 3.05) is 26.7 Å². The van der Waals surface area contributed by atoms with Crippen LogP contribution in [0.25, 0.3) is 10.9 Å². The molecule has 0 spiro atoms. The van der Waals surface area contributed by atoms with Crippen molar-refractivity contribution >= 4 is 10.9 Å². The lowest BCUT2D eigenvalue weighted by atomic mass is 9.97. The third kappa shape index (κ3) is 3.11. The molecule has 0 bridgehead atoms. The highest BCUT2D eigenvalue weighted by atomic mass is 16.1. The second kappa shape index (κ2) is 6.32. The molecule has 0 amide bonds. The largest absolute Gasteiger partial charge is 0.319 e. The molecule has 6 heteroatoms. The number of rotatable bonds is 4. The first kappa shape index (κ1) is 14.2. The molecule has 2 heterocycles. The van der Waals surface area contributed by atoms with Crippen molar-refractivity contribution in [1.82, 2.24) is 25.2 Å². The predicted octanol–water partition coefficient (Wildman–Crippen LogP) is 0.680. The molecule has 1 fully saturated rings. The Morgan fingerprint density at radius 3 is 2.81 bits per heavy atom. The van der Waals surface area contributed by atoms with Crippen molar-refractivity contribution < 1.29 is 0 Å². The molecule has 0 unspecified atom stereocenters. The number of nitrogens with one attached hydrogen (secondary N) is 1. The molecule has 0 radical (unpaired) electrons. The Morgan fingerprint density at radius 2 is 2.05 bits per heavy atom. The maximum absolute atomic E-state index is 12.4. The van der Waals surface area contributed by atoms with Crippen LogP contribution in [0.5, 0.6) is 0 Å². The summed E-state index contributed by atoms with van der Waals surface area (Å²) >= 11 is 0. The maximum Gasteiger partial charge on any atom is 0.278 e. The third-order valence-electron chi connectivity index (χ3n) is 4.16. The Kier molecular flexibility index (Phi) is 4.26. The van der Waals surface area contributed by atoms with Crippen LogP contribution >= 0.6 is 0 Å². The Balaban J connectivity index is 1.71. The highest BCUT2D eigenvalue weighted by Gasteiger charge is 2.19. The maximum atomic E-state index is 12.4. The minimum Gasteiger partial charge on any atom is -0.319 e. The van der Waals surface area contributed by atoms with Gasteiger partial charge in [0, 0.05) is 13.1 Å². The fraction of sp³-hybridized carbons (Fsp3) is 0.533. The molecular formula is C15H21N5O. The quantitative estimate of drug-likeness (QED) is 0.896. The van der Waals surface area contributed by atoms with Crippen LogP contribution in [0.2, 0.25) is 0 Å². The third-order valence-corrected chi connectivity index (χ3v) is 4.16. The van der Waals surface area contributed by atoms with E-state index >= 15 is 0 Å². The molecule has 0 atom stereocenters. The summed E-state index contributed by atoms with van der Waals surface area (Å²) in [6.45, 7) is 3.62. The van der Waals surface area contributed by atoms with Gasteiger partial charge in [-0.25, -0.2) is 0 Å². The van der Waals surface area contributed by atoms with Crippen LogP contribution in [0.1, 0.15) is 12.8 Å². The first-order valence-corrected chi connectivity index (χ1v) is 7.47. The lowest BCUT2D eigenvalue weighted by Crippen LogP contribution is -2.40. The molecular weight excluding hydrogens is 266 g/mol. The van der Waals surface area contributed by atoms with Crippen LogP contribution in [-0.2, 0) is 6.67 Å². The molecule has 1 aromatic heterocycles. The van der Waals surface area contributed by atoms with Crippen molar-refractivity contribution in [3.05, 3.63) is 34.6 Å². The van der Waals surface area contributed by atoms with Gasteiger partial charge in [-0.3, -0.25) is 9.69 Å². The van der Waals surface area contributed by atoms with Crippen LogP contribution < -0.4 is 10.9 Å². The second-order valence-corrected chi connectivity index (χ2v) is 5.67. The molecule has 6 nitrogen and oxygen atoms in total. The number of nitrogens with zero attached hydrogens (tertiary/aromatic N) is 4. The van der Waals surface area contributed by atoms with Gasteiger partial charge in [-0.05, 0) is 44.5 Å². The van der Waals surface area contributed by atoms with E-state index in [4.69, 9.17) is 0 Å². The Bertz CT molecular complexity index is 660. The normalized spacial score (nSPS) is 17.4. The highest BCUT2D eigenvalue weighted by molar-refractivity contribution is 5.76. The molecule has 1 aliphatic heterocycles. The molecule has 1 saturated heterocycles. The van der Waals surface area contributed by atoms with Crippen molar-refractivity contribution in [3.8, 4) is 0 Å². The first-order chi connectivity index (χ1) is 10.3. The van der Waals surface area contributed by atoms with Gasteiger partial charge >= 0.3 is 0 Å². The molecule has 1 aromatic carbocycles. The van der Waals surface area contributed by atoms with E-state index in [1.54, 1.807) is 0 Å². The summed E-state index contributed by atoms with van der Waals surface area (Å²) in [5.74, 6) is 0.741. The summed E-state index contributed by atoms with van der Waals surface area (Å²) in [7, 11) is 2.00. The number of aromatic nitrogens is 3. The summed E-state index contributed by atoms with van der Waals surface area (Å²) in [4.78, 5) is 14.7. The number of piperidine rings is 1. The molecule has 112 valence electrons. The molecule has 2 aromatic rings. The lowest BCUT2D eigenvalue weighted by molar-refractivity contribution is 0.136. The fourth-order valence-corrected chi connectivity index (χ4v) is 2.93. The average Bonchev–Trinajstić information content (AvgIpc) is 2.52. The fourth-order valence-electron chi connectivity index (χ4n) is 2.93. The number of benzene rings is 1. The van der Waals surface area contributed by atoms with Crippen LogP contribution in [0, 0.1) is 5.92 Å². The monoisotopic (exact) mass is 287 g/mol. The summed E-state index contributed by atoms with van der Waals surface area (Å²) in [5, 5.41) is 12.1. The Hall–Kier alpha value is -1.79. The zero-order chi connectivity index (χ0) is 14.7. The summed E-state index contributed by atoms with van der Waals surface area (Å²) in [6, 6.07) is 7.35. The van der Waals surface area contributed by atoms with Crippen LogP contribution in [-0.4, -0.2) is 46.6 Å². The smallest absolute Gasteiger partial charge is 0.278 e. The van der Waals surface area contributed by atoms with Crippen molar-refractivity contribution in [3.63, 3.8) is 0 Å². The predicted molar refractivity (Wildman–Crippen MR) is 82.0 cm³/mol. The Labute approximate surface area is 123 Å². The summed E-state index contributed by atoms with van der Waals surface area (Å²) in [6.07, 6.45) is 2.33. The van der Waals surface area contributed by atoms with E-state index < -0.39 is 0 Å². The van der Waals surface area contributed by atoms with Gasteiger partial charge in [0.2, 0.25) is 0 Å². The lowest BCUT2D eigenvalue weighted by Gasteiger charge is -2.31. The van der Waals surface area contributed by atoms with Gasteiger partial charge in [0.1, 0.15) is 5.52 Å². The number of hydrogen-bond donors (Lipinski definition) is 1. The minimum atomic E-state index is -0.0575. The van der Waals surface area contributed by atoms with Gasteiger partial charge in [0.25, 0.3) is 5.56 Å². The van der Waals surface area contributed by atoms with Crippen LogP contribution in [0.15, 0.2) is 29.1 Å². The van der Waals surface area contributed by atoms with E-state index in [-0.39, 0.29) is 5.56 Å². The molecule has 1 aliphatic rings. The van der Waals surface area contributed by atoms with Crippen LogP contribution in [0.4, 0.5) is 0 Å². The van der Waals surface area contributed by atoms with E-state index in [1.165, 1.54) is 4.68 Å². The van der Waals surface area contributed by atoms with Gasteiger partial charge in [-0.1, -0.05) is 17.3 Å². The van der Waals surface area contributed by atoms with Gasteiger partial charge in [0.05, 0.1) is 12.1 Å². The second-order valence-electron chi connectivity index (χ2n) is 5.67. The van der Waals surface area contributed by atoms with Crippen molar-refractivity contribution in [2.45, 2.75) is 19.5 Å². The zero-order valence-electron chi connectivity index (χ0n) is 12.3. The van der Waals surface area contributed by atoms with E-state index in [1.807, 2.05) is 31.3 Å². The van der Waals surface area contributed by atoms with Crippen molar-refractivity contribution in [2.24, 2.45) is 5.92 Å². The van der Waals surface area contributed by atoms with Gasteiger partial charge < -0.3 is 5.32 Å². The van der Waals surface area contributed by atoms with E-state index in [9.17, 15) is 4.79 Å². The van der Waals surface area contributed by atoms with E-state index in [0.717, 1.165) is 38.4 Å².